The predicted octanol–water partition coefficient (Wildman–Crippen LogP) is 1.36. The van der Waals surface area contributed by atoms with Gasteiger partial charge >= 0.3 is 0 Å². The van der Waals surface area contributed by atoms with Crippen LogP contribution in [0.4, 0.5) is 11.6 Å². The van der Waals surface area contributed by atoms with E-state index in [1.165, 1.54) is 6.33 Å². The summed E-state index contributed by atoms with van der Waals surface area (Å²) in [5.41, 5.74) is 6.28. The molecule has 0 saturated heterocycles. The van der Waals surface area contributed by atoms with Crippen LogP contribution in [0.5, 0.6) is 0 Å². The normalized spacial score (nSPS) is 11.1. The van der Waals surface area contributed by atoms with Gasteiger partial charge in [-0.2, -0.15) is 0 Å². The molecule has 19 heavy (non-hydrogen) atoms. The topological polar surface area (TPSA) is 80.0 Å². The maximum Gasteiger partial charge on any atom is 0.166 e. The third-order valence-electron chi connectivity index (χ3n) is 3.13. The molecule has 3 N–H and O–H groups in total. The summed E-state index contributed by atoms with van der Waals surface area (Å²) < 4.78 is 0. The van der Waals surface area contributed by atoms with Crippen molar-refractivity contribution in [3.8, 4) is 0 Å². The van der Waals surface area contributed by atoms with E-state index in [0.29, 0.717) is 11.5 Å². The first-order valence-electron chi connectivity index (χ1n) is 6.58. The molecule has 6 heteroatoms. The highest BCUT2D eigenvalue weighted by Gasteiger charge is 2.05. The van der Waals surface area contributed by atoms with Crippen molar-refractivity contribution in [1.82, 2.24) is 19.9 Å². The quantitative estimate of drug-likeness (QED) is 0.816. The second kappa shape index (κ2) is 6.29. The third-order valence-corrected chi connectivity index (χ3v) is 3.13. The Hall–Kier alpha value is -1.95. The van der Waals surface area contributed by atoms with Gasteiger partial charge in [0.15, 0.2) is 5.65 Å². The van der Waals surface area contributed by atoms with Gasteiger partial charge in [-0.15, -0.1) is 0 Å². The molecule has 0 bridgehead atoms. The molecule has 0 radical (unpaired) electrons. The Morgan fingerprint density at radius 1 is 1.21 bits per heavy atom. The number of hydrogen-bond acceptors (Lipinski definition) is 6. The van der Waals surface area contributed by atoms with Crippen LogP contribution in [0.25, 0.3) is 11.0 Å². The summed E-state index contributed by atoms with van der Waals surface area (Å²) in [7, 11) is 0. The van der Waals surface area contributed by atoms with Gasteiger partial charge in [0.05, 0.1) is 5.39 Å². The largest absolute Gasteiger partial charge is 0.384 e. The van der Waals surface area contributed by atoms with Crippen LogP contribution < -0.4 is 11.1 Å². The highest BCUT2D eigenvalue weighted by Crippen LogP contribution is 2.18. The Labute approximate surface area is 113 Å². The fraction of sp³-hybridized carbons (Fsp3) is 0.462. The van der Waals surface area contributed by atoms with Crippen molar-refractivity contribution >= 4 is 22.7 Å². The van der Waals surface area contributed by atoms with Crippen LogP contribution in [0.3, 0.4) is 0 Å². The van der Waals surface area contributed by atoms with Gasteiger partial charge in [0.1, 0.15) is 18.0 Å². The van der Waals surface area contributed by atoms with Crippen molar-refractivity contribution in [3.05, 3.63) is 18.5 Å². The molecule has 6 nitrogen and oxygen atoms in total. The Balaban J connectivity index is 2.08. The summed E-state index contributed by atoms with van der Waals surface area (Å²) in [5.74, 6) is 1.28. The van der Waals surface area contributed by atoms with Gasteiger partial charge in [0.2, 0.25) is 0 Å². The summed E-state index contributed by atoms with van der Waals surface area (Å²) in [6, 6.07) is 3.67. The number of nitrogens with zero attached hydrogens (tertiary/aromatic N) is 4. The Bertz CT molecular complexity index is 538. The molecule has 2 heterocycles. The molecule has 0 aliphatic carbocycles. The van der Waals surface area contributed by atoms with Crippen molar-refractivity contribution in [2.24, 2.45) is 0 Å². The van der Waals surface area contributed by atoms with Gasteiger partial charge in [-0.05, 0) is 25.2 Å². The van der Waals surface area contributed by atoms with Crippen molar-refractivity contribution in [3.63, 3.8) is 0 Å². The average molecular weight is 260 g/mol. The fourth-order valence-electron chi connectivity index (χ4n) is 1.97. The van der Waals surface area contributed by atoms with Gasteiger partial charge in [-0.3, -0.25) is 0 Å². The first-order valence-corrected chi connectivity index (χ1v) is 6.58. The number of rotatable bonds is 6. The first-order chi connectivity index (χ1) is 9.24. The third kappa shape index (κ3) is 3.29. The van der Waals surface area contributed by atoms with Crippen LogP contribution in [0.15, 0.2) is 18.5 Å². The van der Waals surface area contributed by atoms with Gasteiger partial charge in [0.25, 0.3) is 0 Å². The van der Waals surface area contributed by atoms with E-state index in [4.69, 9.17) is 5.73 Å². The van der Waals surface area contributed by atoms with Crippen LogP contribution >= 0.6 is 0 Å². The molecule has 0 aromatic carbocycles. The summed E-state index contributed by atoms with van der Waals surface area (Å²) >= 11 is 0. The molecule has 2 aromatic heterocycles. The number of anilines is 2. The van der Waals surface area contributed by atoms with Crippen molar-refractivity contribution < 1.29 is 0 Å². The van der Waals surface area contributed by atoms with E-state index < -0.39 is 0 Å². The number of fused-ring (bicyclic) bond motifs is 1. The molecule has 2 aromatic rings. The lowest BCUT2D eigenvalue weighted by Gasteiger charge is -2.18. The Kier molecular flexibility index (Phi) is 4.46. The molecule has 0 spiro atoms. The van der Waals surface area contributed by atoms with Crippen LogP contribution in [-0.2, 0) is 0 Å². The van der Waals surface area contributed by atoms with E-state index >= 15 is 0 Å². The minimum Gasteiger partial charge on any atom is -0.384 e. The molecule has 0 saturated carbocycles. The maximum absolute atomic E-state index is 5.65. The summed E-state index contributed by atoms with van der Waals surface area (Å²) in [6.07, 6.45) is 1.51. The number of pyridine rings is 1. The molecular weight excluding hydrogens is 240 g/mol. The number of hydrogen-bond donors (Lipinski definition) is 2. The lowest BCUT2D eigenvalue weighted by Crippen LogP contribution is -2.28. The lowest BCUT2D eigenvalue weighted by atomic mass is 10.3. The van der Waals surface area contributed by atoms with E-state index in [1.54, 1.807) is 6.07 Å². The smallest absolute Gasteiger partial charge is 0.166 e. The lowest BCUT2D eigenvalue weighted by molar-refractivity contribution is 0.316. The summed E-state index contributed by atoms with van der Waals surface area (Å²) in [5, 5.41) is 4.23. The fourth-order valence-corrected chi connectivity index (χ4v) is 1.97. The van der Waals surface area contributed by atoms with E-state index in [9.17, 15) is 0 Å². The zero-order valence-corrected chi connectivity index (χ0v) is 11.4. The second-order valence-corrected chi connectivity index (χ2v) is 4.28. The van der Waals surface area contributed by atoms with E-state index in [-0.39, 0.29) is 0 Å². The number of likely N-dealkylation sites (N-methyl/N-ethyl adjacent to an activating group) is 1. The average Bonchev–Trinajstić information content (AvgIpc) is 2.43. The molecule has 0 amide bonds. The number of aromatic nitrogens is 3. The predicted molar refractivity (Wildman–Crippen MR) is 78.0 cm³/mol. The summed E-state index contributed by atoms with van der Waals surface area (Å²) in [6.45, 7) is 8.27. The zero-order chi connectivity index (χ0) is 13.7. The molecular formula is C13H20N6. The van der Waals surface area contributed by atoms with E-state index in [2.05, 4.69) is 39.0 Å². The molecule has 0 unspecified atom stereocenters. The van der Waals surface area contributed by atoms with Gasteiger partial charge in [-0.1, -0.05) is 13.8 Å². The van der Waals surface area contributed by atoms with Crippen LogP contribution in [0, 0.1) is 0 Å². The summed E-state index contributed by atoms with van der Waals surface area (Å²) in [4.78, 5) is 14.9. The van der Waals surface area contributed by atoms with E-state index in [1.807, 2.05) is 6.07 Å². The zero-order valence-electron chi connectivity index (χ0n) is 11.4. The number of nitrogen functional groups attached to an aromatic ring is 1. The van der Waals surface area contributed by atoms with Crippen molar-refractivity contribution in [2.75, 3.05) is 37.2 Å². The minimum absolute atomic E-state index is 0.472. The molecule has 0 aliphatic heterocycles. The van der Waals surface area contributed by atoms with Gasteiger partial charge in [-0.25, -0.2) is 15.0 Å². The molecule has 0 aliphatic rings. The van der Waals surface area contributed by atoms with Crippen LogP contribution in [0.2, 0.25) is 0 Å². The van der Waals surface area contributed by atoms with Crippen molar-refractivity contribution in [2.45, 2.75) is 13.8 Å². The standard InChI is InChI=1S/C13H20N6/c1-3-19(4-2)8-7-15-12-10-5-6-11(14)18-13(10)17-9-16-12/h5-6,9H,3-4,7-8H2,1-2H3,(H3,14,15,16,17,18). The maximum atomic E-state index is 5.65. The second-order valence-electron chi connectivity index (χ2n) is 4.28. The highest BCUT2D eigenvalue weighted by molar-refractivity contribution is 5.86. The SMILES string of the molecule is CCN(CC)CCNc1ncnc2nc(N)ccc12. The monoisotopic (exact) mass is 260 g/mol. The van der Waals surface area contributed by atoms with Gasteiger partial charge < -0.3 is 16.0 Å². The minimum atomic E-state index is 0.472. The van der Waals surface area contributed by atoms with Gasteiger partial charge in [0, 0.05) is 13.1 Å². The molecule has 2 rings (SSSR count). The highest BCUT2D eigenvalue weighted by atomic mass is 15.1. The van der Waals surface area contributed by atoms with Crippen LogP contribution in [-0.4, -0.2) is 46.0 Å². The molecule has 0 fully saturated rings. The van der Waals surface area contributed by atoms with E-state index in [0.717, 1.165) is 37.4 Å². The Morgan fingerprint density at radius 2 is 2.00 bits per heavy atom. The number of nitrogens with one attached hydrogen (secondary N) is 1. The Morgan fingerprint density at radius 3 is 2.74 bits per heavy atom. The molecule has 102 valence electrons. The van der Waals surface area contributed by atoms with Crippen LogP contribution in [0.1, 0.15) is 13.8 Å². The molecule has 0 atom stereocenters. The van der Waals surface area contributed by atoms with Crippen molar-refractivity contribution in [1.29, 1.82) is 0 Å². The number of nitrogens with two attached hydrogens (primary N) is 1. The first kappa shape index (κ1) is 13.5.